The van der Waals surface area contributed by atoms with E-state index in [0.29, 0.717) is 5.41 Å². The molecule has 1 atom stereocenters. The van der Waals surface area contributed by atoms with E-state index < -0.39 is 0 Å². The van der Waals surface area contributed by atoms with Gasteiger partial charge in [0.2, 0.25) is 0 Å². The summed E-state index contributed by atoms with van der Waals surface area (Å²) in [5.41, 5.74) is 6.90. The van der Waals surface area contributed by atoms with Gasteiger partial charge in [0.25, 0.3) is 0 Å². The topological polar surface area (TPSA) is 26.0 Å². The monoisotopic (exact) mass is 169 g/mol. The second-order valence-corrected chi connectivity index (χ2v) is 5.13. The largest absolute Gasteiger partial charge is 0.325 e. The fourth-order valence-electron chi connectivity index (χ4n) is 2.17. The van der Waals surface area contributed by atoms with Crippen molar-refractivity contribution in [2.45, 2.75) is 58.9 Å². The maximum Gasteiger partial charge on any atom is 0.0152 e. The molecule has 0 heterocycles. The molecule has 1 aliphatic carbocycles. The third kappa shape index (κ3) is 1.66. The van der Waals surface area contributed by atoms with Gasteiger partial charge in [-0.25, -0.2) is 0 Å². The maximum absolute atomic E-state index is 6.20. The van der Waals surface area contributed by atoms with Crippen molar-refractivity contribution in [1.29, 1.82) is 0 Å². The summed E-state index contributed by atoms with van der Waals surface area (Å²) in [4.78, 5) is 0. The lowest BCUT2D eigenvalue weighted by atomic mass is 9.56. The fraction of sp³-hybridized carbons (Fsp3) is 1.00. The lowest BCUT2D eigenvalue weighted by Crippen LogP contribution is -2.52. The third-order valence-electron chi connectivity index (χ3n) is 4.03. The van der Waals surface area contributed by atoms with Crippen LogP contribution in [0.25, 0.3) is 0 Å². The van der Waals surface area contributed by atoms with Crippen LogP contribution in [0.15, 0.2) is 0 Å². The van der Waals surface area contributed by atoms with Crippen molar-refractivity contribution in [3.8, 4) is 0 Å². The van der Waals surface area contributed by atoms with Crippen molar-refractivity contribution >= 4 is 0 Å². The maximum atomic E-state index is 6.20. The molecule has 1 rings (SSSR count). The molecule has 0 aromatic carbocycles. The SMILES string of the molecule is CCC1(C)CC(C(C)(N)CC)C1. The van der Waals surface area contributed by atoms with Gasteiger partial charge in [-0.2, -0.15) is 0 Å². The molecule has 1 aliphatic rings. The summed E-state index contributed by atoms with van der Waals surface area (Å²) in [6.07, 6.45) is 5.09. The van der Waals surface area contributed by atoms with Crippen LogP contribution < -0.4 is 5.73 Å². The Morgan fingerprint density at radius 2 is 1.92 bits per heavy atom. The van der Waals surface area contributed by atoms with Crippen molar-refractivity contribution in [2.75, 3.05) is 0 Å². The zero-order valence-corrected chi connectivity index (χ0v) is 8.98. The highest BCUT2D eigenvalue weighted by Gasteiger charge is 2.45. The molecule has 1 fully saturated rings. The second-order valence-electron chi connectivity index (χ2n) is 5.13. The zero-order chi connectivity index (χ0) is 9.41. The van der Waals surface area contributed by atoms with Gasteiger partial charge >= 0.3 is 0 Å². The summed E-state index contributed by atoms with van der Waals surface area (Å²) < 4.78 is 0. The molecule has 0 bridgehead atoms. The van der Waals surface area contributed by atoms with Crippen LogP contribution in [-0.4, -0.2) is 5.54 Å². The van der Waals surface area contributed by atoms with E-state index in [1.54, 1.807) is 0 Å². The van der Waals surface area contributed by atoms with E-state index in [2.05, 4.69) is 27.7 Å². The first kappa shape index (κ1) is 10.0. The van der Waals surface area contributed by atoms with Gasteiger partial charge in [-0.05, 0) is 37.5 Å². The van der Waals surface area contributed by atoms with E-state index in [1.165, 1.54) is 19.3 Å². The van der Waals surface area contributed by atoms with Gasteiger partial charge in [0.05, 0.1) is 0 Å². The van der Waals surface area contributed by atoms with Crippen LogP contribution in [0.4, 0.5) is 0 Å². The highest BCUT2D eigenvalue weighted by atomic mass is 14.8. The Morgan fingerprint density at radius 1 is 1.42 bits per heavy atom. The molecule has 0 aromatic heterocycles. The fourth-order valence-corrected chi connectivity index (χ4v) is 2.17. The molecule has 1 saturated carbocycles. The van der Waals surface area contributed by atoms with E-state index in [0.717, 1.165) is 12.3 Å². The molecule has 0 spiro atoms. The van der Waals surface area contributed by atoms with Crippen LogP contribution in [-0.2, 0) is 0 Å². The molecule has 1 unspecified atom stereocenters. The predicted molar refractivity (Wildman–Crippen MR) is 54.0 cm³/mol. The summed E-state index contributed by atoms with van der Waals surface area (Å²) in [7, 11) is 0. The summed E-state index contributed by atoms with van der Waals surface area (Å²) in [5.74, 6) is 0.771. The highest BCUT2D eigenvalue weighted by Crippen LogP contribution is 2.51. The number of hydrogen-bond acceptors (Lipinski definition) is 1. The van der Waals surface area contributed by atoms with Crippen LogP contribution in [0.2, 0.25) is 0 Å². The molecule has 1 nitrogen and oxygen atoms in total. The quantitative estimate of drug-likeness (QED) is 0.690. The Kier molecular flexibility index (Phi) is 2.53. The number of nitrogens with two attached hydrogens (primary N) is 1. The van der Waals surface area contributed by atoms with Gasteiger partial charge in [-0.3, -0.25) is 0 Å². The molecule has 0 aromatic rings. The first-order chi connectivity index (χ1) is 5.43. The number of hydrogen-bond donors (Lipinski definition) is 1. The Bertz CT molecular complexity index is 154. The van der Waals surface area contributed by atoms with E-state index in [4.69, 9.17) is 5.73 Å². The Labute approximate surface area is 76.7 Å². The normalized spacial score (nSPS) is 40.2. The van der Waals surface area contributed by atoms with Crippen molar-refractivity contribution in [3.05, 3.63) is 0 Å². The molecular formula is C11H23N. The smallest absolute Gasteiger partial charge is 0.0152 e. The van der Waals surface area contributed by atoms with E-state index in [-0.39, 0.29) is 5.54 Å². The standard InChI is InChI=1S/C11H23N/c1-5-10(3)7-9(8-10)11(4,12)6-2/h9H,5-8,12H2,1-4H3. The van der Waals surface area contributed by atoms with Crippen molar-refractivity contribution < 1.29 is 0 Å². The van der Waals surface area contributed by atoms with Gasteiger partial charge in [-0.15, -0.1) is 0 Å². The van der Waals surface area contributed by atoms with Crippen LogP contribution in [0.1, 0.15) is 53.4 Å². The predicted octanol–water partition coefficient (Wildman–Crippen LogP) is 2.94. The Balaban J connectivity index is 2.43. The van der Waals surface area contributed by atoms with Crippen LogP contribution in [0.3, 0.4) is 0 Å². The van der Waals surface area contributed by atoms with E-state index in [9.17, 15) is 0 Å². The van der Waals surface area contributed by atoms with Gasteiger partial charge < -0.3 is 5.73 Å². The first-order valence-corrected chi connectivity index (χ1v) is 5.22. The summed E-state index contributed by atoms with van der Waals surface area (Å²) in [5, 5.41) is 0. The molecule has 0 saturated heterocycles. The average molecular weight is 169 g/mol. The molecular weight excluding hydrogens is 146 g/mol. The number of rotatable bonds is 3. The second kappa shape index (κ2) is 3.02. The lowest BCUT2D eigenvalue weighted by molar-refractivity contribution is 0.0190. The molecule has 72 valence electrons. The minimum absolute atomic E-state index is 0.0919. The highest BCUT2D eigenvalue weighted by molar-refractivity contribution is 4.99. The minimum Gasteiger partial charge on any atom is -0.325 e. The van der Waals surface area contributed by atoms with E-state index in [1.807, 2.05) is 0 Å². The lowest BCUT2D eigenvalue weighted by Gasteiger charge is -2.51. The molecule has 1 heteroatoms. The molecule has 0 radical (unpaired) electrons. The summed E-state index contributed by atoms with van der Waals surface area (Å²) >= 11 is 0. The van der Waals surface area contributed by atoms with Crippen LogP contribution in [0.5, 0.6) is 0 Å². The summed E-state index contributed by atoms with van der Waals surface area (Å²) in [6, 6.07) is 0. The van der Waals surface area contributed by atoms with Gasteiger partial charge in [0, 0.05) is 5.54 Å². The van der Waals surface area contributed by atoms with Crippen molar-refractivity contribution in [1.82, 2.24) is 0 Å². The molecule has 2 N–H and O–H groups in total. The van der Waals surface area contributed by atoms with Gasteiger partial charge in [0.1, 0.15) is 0 Å². The molecule has 12 heavy (non-hydrogen) atoms. The van der Waals surface area contributed by atoms with Crippen LogP contribution in [0, 0.1) is 11.3 Å². The van der Waals surface area contributed by atoms with Crippen molar-refractivity contribution in [2.24, 2.45) is 17.1 Å². The third-order valence-corrected chi connectivity index (χ3v) is 4.03. The average Bonchev–Trinajstić information content (AvgIpc) is 1.98. The Morgan fingerprint density at radius 3 is 2.25 bits per heavy atom. The minimum atomic E-state index is 0.0919. The summed E-state index contributed by atoms with van der Waals surface area (Å²) in [6.45, 7) is 9.07. The first-order valence-electron chi connectivity index (χ1n) is 5.22. The zero-order valence-electron chi connectivity index (χ0n) is 8.98. The van der Waals surface area contributed by atoms with Crippen molar-refractivity contribution in [3.63, 3.8) is 0 Å². The molecule has 0 amide bonds. The van der Waals surface area contributed by atoms with Gasteiger partial charge in [0.15, 0.2) is 0 Å². The van der Waals surface area contributed by atoms with Crippen LogP contribution >= 0.6 is 0 Å². The molecule has 0 aliphatic heterocycles. The Hall–Kier alpha value is -0.0400. The van der Waals surface area contributed by atoms with Gasteiger partial charge in [-0.1, -0.05) is 27.2 Å². The van der Waals surface area contributed by atoms with E-state index >= 15 is 0 Å².